The van der Waals surface area contributed by atoms with Crippen LogP contribution in [-0.4, -0.2) is 29.0 Å². The Morgan fingerprint density at radius 2 is 2.35 bits per heavy atom. The van der Waals surface area contributed by atoms with Crippen LogP contribution in [0.2, 0.25) is 0 Å². The van der Waals surface area contributed by atoms with E-state index >= 15 is 0 Å². The number of thiophene rings is 1. The second-order valence-corrected chi connectivity index (χ2v) is 6.93. The van der Waals surface area contributed by atoms with Gasteiger partial charge in [0.25, 0.3) is 0 Å². The fraction of sp³-hybridized carbons (Fsp3) is 0.533. The van der Waals surface area contributed by atoms with E-state index in [9.17, 15) is 0 Å². The number of nitrogens with zero attached hydrogens (tertiary/aromatic N) is 2. The monoisotopic (exact) mass is 289 g/mol. The first-order valence-corrected chi connectivity index (χ1v) is 8.14. The molecule has 0 spiro atoms. The SMILES string of the molecule is NC1CCC2CN(Cc3coc(-c4cccs4)n3)CC12. The summed E-state index contributed by atoms with van der Waals surface area (Å²) in [4.78, 5) is 8.17. The minimum atomic E-state index is 0.406. The van der Waals surface area contributed by atoms with Crippen LogP contribution >= 0.6 is 11.3 Å². The summed E-state index contributed by atoms with van der Waals surface area (Å²) in [5, 5.41) is 2.04. The number of rotatable bonds is 3. The summed E-state index contributed by atoms with van der Waals surface area (Å²) in [6.07, 6.45) is 4.29. The molecule has 106 valence electrons. The van der Waals surface area contributed by atoms with Crippen LogP contribution in [0.3, 0.4) is 0 Å². The maximum atomic E-state index is 6.18. The third kappa shape index (κ3) is 2.20. The smallest absolute Gasteiger partial charge is 0.236 e. The van der Waals surface area contributed by atoms with Gasteiger partial charge in [-0.2, -0.15) is 0 Å². The highest BCUT2D eigenvalue weighted by atomic mass is 32.1. The number of likely N-dealkylation sites (tertiary alicyclic amines) is 1. The Morgan fingerprint density at radius 1 is 1.40 bits per heavy atom. The van der Waals surface area contributed by atoms with Gasteiger partial charge in [0.1, 0.15) is 6.26 Å². The summed E-state index contributed by atoms with van der Waals surface area (Å²) in [6, 6.07) is 4.47. The summed E-state index contributed by atoms with van der Waals surface area (Å²) >= 11 is 1.66. The van der Waals surface area contributed by atoms with Gasteiger partial charge in [-0.05, 0) is 36.1 Å². The molecule has 20 heavy (non-hydrogen) atoms. The van der Waals surface area contributed by atoms with Gasteiger partial charge >= 0.3 is 0 Å². The van der Waals surface area contributed by atoms with E-state index in [2.05, 4.69) is 9.88 Å². The number of nitrogens with two attached hydrogens (primary N) is 1. The summed E-state index contributed by atoms with van der Waals surface area (Å²) in [6.45, 7) is 3.17. The zero-order chi connectivity index (χ0) is 13.5. The first kappa shape index (κ1) is 12.6. The van der Waals surface area contributed by atoms with Gasteiger partial charge in [-0.1, -0.05) is 6.07 Å². The lowest BCUT2D eigenvalue weighted by Crippen LogP contribution is -2.30. The van der Waals surface area contributed by atoms with Crippen LogP contribution in [0.25, 0.3) is 10.8 Å². The van der Waals surface area contributed by atoms with Crippen molar-refractivity contribution in [1.29, 1.82) is 0 Å². The highest BCUT2D eigenvalue weighted by Crippen LogP contribution is 2.37. The normalized spacial score (nSPS) is 29.9. The second-order valence-electron chi connectivity index (χ2n) is 5.98. The molecule has 3 unspecified atom stereocenters. The predicted octanol–water partition coefficient (Wildman–Crippen LogP) is 2.57. The van der Waals surface area contributed by atoms with E-state index in [1.165, 1.54) is 19.4 Å². The van der Waals surface area contributed by atoms with Crippen LogP contribution in [0.1, 0.15) is 18.5 Å². The van der Waals surface area contributed by atoms with E-state index in [0.717, 1.165) is 35.5 Å². The molecule has 0 bridgehead atoms. The molecule has 0 amide bonds. The second kappa shape index (κ2) is 4.98. The molecule has 3 atom stereocenters. The van der Waals surface area contributed by atoms with Crippen LogP contribution < -0.4 is 5.73 Å². The number of aromatic nitrogens is 1. The quantitative estimate of drug-likeness (QED) is 0.943. The third-order valence-electron chi connectivity index (χ3n) is 4.66. The minimum absolute atomic E-state index is 0.406. The predicted molar refractivity (Wildman–Crippen MR) is 79.3 cm³/mol. The van der Waals surface area contributed by atoms with Crippen LogP contribution in [0.15, 0.2) is 28.2 Å². The number of oxazole rings is 1. The molecular weight excluding hydrogens is 270 g/mol. The zero-order valence-electron chi connectivity index (χ0n) is 11.4. The molecule has 2 aromatic heterocycles. The first-order chi connectivity index (χ1) is 9.79. The van der Waals surface area contributed by atoms with Gasteiger partial charge < -0.3 is 10.2 Å². The van der Waals surface area contributed by atoms with Crippen molar-refractivity contribution in [2.75, 3.05) is 13.1 Å². The van der Waals surface area contributed by atoms with Crippen molar-refractivity contribution in [3.05, 3.63) is 29.5 Å². The lowest BCUT2D eigenvalue weighted by Gasteiger charge is -2.16. The van der Waals surface area contributed by atoms with Crippen molar-refractivity contribution in [3.63, 3.8) is 0 Å². The van der Waals surface area contributed by atoms with E-state index in [0.29, 0.717) is 12.0 Å². The summed E-state index contributed by atoms with van der Waals surface area (Å²) in [5.41, 5.74) is 7.21. The van der Waals surface area contributed by atoms with Crippen molar-refractivity contribution in [1.82, 2.24) is 9.88 Å². The molecule has 1 saturated heterocycles. The van der Waals surface area contributed by atoms with Crippen LogP contribution in [-0.2, 0) is 6.54 Å². The Labute approximate surface area is 122 Å². The molecule has 0 aromatic carbocycles. The lowest BCUT2D eigenvalue weighted by atomic mass is 9.98. The molecule has 2 N–H and O–H groups in total. The zero-order valence-corrected chi connectivity index (χ0v) is 12.2. The topological polar surface area (TPSA) is 55.3 Å². The molecule has 5 heteroatoms. The average Bonchev–Trinajstić information content (AvgIpc) is 3.17. The molecule has 1 saturated carbocycles. The molecule has 4 nitrogen and oxygen atoms in total. The van der Waals surface area contributed by atoms with Crippen molar-refractivity contribution < 1.29 is 4.42 Å². The molecule has 2 aliphatic rings. The Kier molecular flexibility index (Phi) is 3.13. The Morgan fingerprint density at radius 3 is 3.15 bits per heavy atom. The van der Waals surface area contributed by atoms with Crippen molar-refractivity contribution in [3.8, 4) is 10.8 Å². The maximum absolute atomic E-state index is 6.18. The van der Waals surface area contributed by atoms with Gasteiger partial charge in [-0.25, -0.2) is 4.98 Å². The summed E-state index contributed by atoms with van der Waals surface area (Å²) < 4.78 is 5.58. The average molecular weight is 289 g/mol. The molecule has 0 radical (unpaired) electrons. The number of hydrogen-bond donors (Lipinski definition) is 1. The third-order valence-corrected chi connectivity index (χ3v) is 5.52. The summed E-state index contributed by atoms with van der Waals surface area (Å²) in [7, 11) is 0. The highest BCUT2D eigenvalue weighted by molar-refractivity contribution is 7.13. The summed E-state index contributed by atoms with van der Waals surface area (Å²) in [5.74, 6) is 2.23. The van der Waals surface area contributed by atoms with Crippen molar-refractivity contribution in [2.24, 2.45) is 17.6 Å². The van der Waals surface area contributed by atoms with Crippen molar-refractivity contribution >= 4 is 11.3 Å². The lowest BCUT2D eigenvalue weighted by molar-refractivity contribution is 0.294. The molecule has 2 aromatic rings. The van der Waals surface area contributed by atoms with Crippen LogP contribution in [0.4, 0.5) is 0 Å². The van der Waals surface area contributed by atoms with E-state index < -0.39 is 0 Å². The van der Waals surface area contributed by atoms with Gasteiger partial charge in [0.05, 0.1) is 10.6 Å². The molecule has 4 rings (SSSR count). The van der Waals surface area contributed by atoms with Crippen LogP contribution in [0, 0.1) is 11.8 Å². The molecule has 3 heterocycles. The highest BCUT2D eigenvalue weighted by Gasteiger charge is 2.40. The maximum Gasteiger partial charge on any atom is 0.236 e. The Hall–Kier alpha value is -1.17. The van der Waals surface area contributed by atoms with E-state index in [1.807, 2.05) is 17.5 Å². The van der Waals surface area contributed by atoms with Gasteiger partial charge in [-0.15, -0.1) is 11.3 Å². The van der Waals surface area contributed by atoms with Gasteiger partial charge in [-0.3, -0.25) is 4.90 Å². The minimum Gasteiger partial charge on any atom is -0.444 e. The fourth-order valence-corrected chi connectivity index (χ4v) is 4.31. The Bertz CT molecular complexity index is 580. The van der Waals surface area contributed by atoms with Gasteiger partial charge in [0.15, 0.2) is 0 Å². The standard InChI is InChI=1S/C15H19N3OS/c16-13-4-3-10-6-18(8-12(10)13)7-11-9-19-15(17-11)14-2-1-5-20-14/h1-2,5,9-10,12-13H,3-4,6-8,16H2. The molecule has 1 aliphatic carbocycles. The van der Waals surface area contributed by atoms with Gasteiger partial charge in [0.2, 0.25) is 5.89 Å². The number of hydrogen-bond acceptors (Lipinski definition) is 5. The molecule has 2 fully saturated rings. The van der Waals surface area contributed by atoms with E-state index in [1.54, 1.807) is 17.6 Å². The molecule has 1 aliphatic heterocycles. The van der Waals surface area contributed by atoms with E-state index in [-0.39, 0.29) is 0 Å². The molecular formula is C15H19N3OS. The van der Waals surface area contributed by atoms with Crippen LogP contribution in [0.5, 0.6) is 0 Å². The first-order valence-electron chi connectivity index (χ1n) is 7.26. The largest absolute Gasteiger partial charge is 0.444 e. The Balaban J connectivity index is 1.43. The van der Waals surface area contributed by atoms with Gasteiger partial charge in [0, 0.05) is 25.7 Å². The number of fused-ring (bicyclic) bond motifs is 1. The van der Waals surface area contributed by atoms with Crippen molar-refractivity contribution in [2.45, 2.75) is 25.4 Å². The van der Waals surface area contributed by atoms with E-state index in [4.69, 9.17) is 10.2 Å². The fourth-order valence-electron chi connectivity index (χ4n) is 3.65.